The molecule has 0 aliphatic rings. The van der Waals surface area contributed by atoms with E-state index < -0.39 is 10.0 Å². The monoisotopic (exact) mass is 321 g/mol. The molecular weight excluding hydrogens is 306 g/mol. The number of aryl methyl sites for hydroxylation is 1. The van der Waals surface area contributed by atoms with E-state index in [2.05, 4.69) is 5.32 Å². The molecule has 2 aromatic rings. The average molecular weight is 321 g/mol. The summed E-state index contributed by atoms with van der Waals surface area (Å²) in [5.41, 5.74) is 9.03. The smallest absolute Gasteiger partial charge is 0.238 e. The lowest BCUT2D eigenvalue weighted by atomic mass is 10.1. The van der Waals surface area contributed by atoms with Crippen LogP contribution < -0.4 is 16.2 Å². The predicted octanol–water partition coefficient (Wildman–Crippen LogP) is 2.02. The third-order valence-electron chi connectivity index (χ3n) is 2.96. The van der Waals surface area contributed by atoms with Crippen LogP contribution in [-0.2, 0) is 10.0 Å². The van der Waals surface area contributed by atoms with E-state index in [0.29, 0.717) is 4.99 Å². The van der Waals surface area contributed by atoms with E-state index in [1.807, 2.05) is 25.1 Å². The second-order valence-electron chi connectivity index (χ2n) is 4.59. The van der Waals surface area contributed by atoms with Crippen LogP contribution in [0.4, 0.5) is 11.4 Å². The van der Waals surface area contributed by atoms with Crippen LogP contribution in [0.2, 0.25) is 0 Å². The van der Waals surface area contributed by atoms with Crippen molar-refractivity contribution in [2.45, 2.75) is 11.8 Å². The molecule has 0 amide bonds. The normalized spacial score (nSPS) is 11.1. The first-order valence-electron chi connectivity index (χ1n) is 6.08. The van der Waals surface area contributed by atoms with Crippen molar-refractivity contribution in [3.05, 3.63) is 53.6 Å². The molecule has 0 radical (unpaired) electrons. The first-order chi connectivity index (χ1) is 9.77. The zero-order valence-corrected chi connectivity index (χ0v) is 13.0. The maximum atomic E-state index is 11.2. The van der Waals surface area contributed by atoms with Crippen molar-refractivity contribution in [3.8, 4) is 0 Å². The molecule has 0 spiro atoms. The molecule has 2 aromatic carbocycles. The van der Waals surface area contributed by atoms with Crippen LogP contribution in [0.15, 0.2) is 47.4 Å². The molecule has 0 saturated heterocycles. The summed E-state index contributed by atoms with van der Waals surface area (Å²) in [6, 6.07) is 11.8. The SMILES string of the molecule is Cc1cc(Nc2ccc(S(N)(=O)=O)cc2)ccc1C(N)=S. The van der Waals surface area contributed by atoms with Gasteiger partial charge in [-0.2, -0.15) is 0 Å². The van der Waals surface area contributed by atoms with Crippen LogP contribution in [0.3, 0.4) is 0 Å². The summed E-state index contributed by atoms with van der Waals surface area (Å²) in [4.78, 5) is 0.435. The van der Waals surface area contributed by atoms with Gasteiger partial charge in [-0.15, -0.1) is 0 Å². The molecule has 0 aliphatic carbocycles. The predicted molar refractivity (Wildman–Crippen MR) is 88.2 cm³/mol. The molecule has 0 heterocycles. The maximum Gasteiger partial charge on any atom is 0.238 e. The Morgan fingerprint density at radius 2 is 1.67 bits per heavy atom. The minimum Gasteiger partial charge on any atom is -0.389 e. The zero-order chi connectivity index (χ0) is 15.6. The standard InChI is InChI=1S/C14H15N3O2S2/c1-9-8-11(4-7-13(9)14(15)20)17-10-2-5-12(6-3-10)21(16,18)19/h2-8,17H,1H3,(H2,15,20)(H2,16,18,19). The number of sulfonamides is 1. The van der Waals surface area contributed by atoms with Crippen LogP contribution in [0, 0.1) is 6.92 Å². The highest BCUT2D eigenvalue weighted by Crippen LogP contribution is 2.21. The first-order valence-corrected chi connectivity index (χ1v) is 8.03. The van der Waals surface area contributed by atoms with Gasteiger partial charge in [-0.25, -0.2) is 13.6 Å². The van der Waals surface area contributed by atoms with E-state index in [1.54, 1.807) is 12.1 Å². The van der Waals surface area contributed by atoms with E-state index in [-0.39, 0.29) is 4.90 Å². The number of thiocarbonyl (C=S) groups is 1. The minimum absolute atomic E-state index is 0.0769. The van der Waals surface area contributed by atoms with Crippen LogP contribution in [0.25, 0.3) is 0 Å². The number of hydrogen-bond acceptors (Lipinski definition) is 4. The number of nitrogens with one attached hydrogen (secondary N) is 1. The molecule has 0 atom stereocenters. The van der Waals surface area contributed by atoms with Gasteiger partial charge in [0.2, 0.25) is 10.0 Å². The topological polar surface area (TPSA) is 98.2 Å². The van der Waals surface area contributed by atoms with Gasteiger partial charge in [0, 0.05) is 16.9 Å². The number of benzene rings is 2. The Labute approximate surface area is 129 Å². The Morgan fingerprint density at radius 1 is 1.10 bits per heavy atom. The van der Waals surface area contributed by atoms with E-state index in [1.165, 1.54) is 12.1 Å². The Kier molecular flexibility index (Phi) is 4.26. The van der Waals surface area contributed by atoms with Crippen LogP contribution in [0.5, 0.6) is 0 Å². The molecule has 0 aromatic heterocycles. The molecule has 7 heteroatoms. The van der Waals surface area contributed by atoms with E-state index in [4.69, 9.17) is 23.1 Å². The number of primary sulfonamides is 1. The summed E-state index contributed by atoms with van der Waals surface area (Å²) >= 11 is 4.96. The molecule has 0 aliphatic heterocycles. The lowest BCUT2D eigenvalue weighted by Crippen LogP contribution is -2.12. The summed E-state index contributed by atoms with van der Waals surface area (Å²) in [5, 5.41) is 8.22. The van der Waals surface area contributed by atoms with Gasteiger partial charge in [-0.1, -0.05) is 12.2 Å². The van der Waals surface area contributed by atoms with Crippen molar-refractivity contribution in [2.75, 3.05) is 5.32 Å². The highest BCUT2D eigenvalue weighted by molar-refractivity contribution is 7.89. The second-order valence-corrected chi connectivity index (χ2v) is 6.59. The fourth-order valence-electron chi connectivity index (χ4n) is 1.91. The lowest BCUT2D eigenvalue weighted by Gasteiger charge is -2.10. The van der Waals surface area contributed by atoms with Crippen molar-refractivity contribution < 1.29 is 8.42 Å². The zero-order valence-electron chi connectivity index (χ0n) is 11.3. The summed E-state index contributed by atoms with van der Waals surface area (Å²) in [6.07, 6.45) is 0. The van der Waals surface area contributed by atoms with Gasteiger partial charge in [0.1, 0.15) is 4.99 Å². The quantitative estimate of drug-likeness (QED) is 0.748. The van der Waals surface area contributed by atoms with Crippen LogP contribution in [-0.4, -0.2) is 13.4 Å². The highest BCUT2D eigenvalue weighted by Gasteiger charge is 2.07. The van der Waals surface area contributed by atoms with Gasteiger partial charge in [-0.05, 0) is 55.0 Å². The third kappa shape index (κ3) is 3.78. The first kappa shape index (κ1) is 15.4. The van der Waals surface area contributed by atoms with Gasteiger partial charge >= 0.3 is 0 Å². The van der Waals surface area contributed by atoms with E-state index in [0.717, 1.165) is 22.5 Å². The number of nitrogens with two attached hydrogens (primary N) is 2. The Balaban J connectivity index is 2.23. The molecule has 0 bridgehead atoms. The lowest BCUT2D eigenvalue weighted by molar-refractivity contribution is 0.598. The summed E-state index contributed by atoms with van der Waals surface area (Å²) in [7, 11) is -3.67. The van der Waals surface area contributed by atoms with Crippen LogP contribution >= 0.6 is 12.2 Å². The fourth-order valence-corrected chi connectivity index (χ4v) is 2.66. The minimum atomic E-state index is -3.67. The van der Waals surface area contributed by atoms with Gasteiger partial charge < -0.3 is 11.1 Å². The van der Waals surface area contributed by atoms with Gasteiger partial charge in [0.15, 0.2) is 0 Å². The Morgan fingerprint density at radius 3 is 2.14 bits per heavy atom. The van der Waals surface area contributed by atoms with Gasteiger partial charge in [0.25, 0.3) is 0 Å². The van der Waals surface area contributed by atoms with Gasteiger partial charge in [-0.3, -0.25) is 0 Å². The number of rotatable bonds is 4. The maximum absolute atomic E-state index is 11.2. The molecule has 110 valence electrons. The van der Waals surface area contributed by atoms with Crippen molar-refractivity contribution in [1.82, 2.24) is 0 Å². The van der Waals surface area contributed by atoms with Crippen molar-refractivity contribution >= 4 is 38.6 Å². The van der Waals surface area contributed by atoms with Gasteiger partial charge in [0.05, 0.1) is 4.90 Å². The highest BCUT2D eigenvalue weighted by atomic mass is 32.2. The molecular formula is C14H15N3O2S2. The fraction of sp³-hybridized carbons (Fsp3) is 0.0714. The largest absolute Gasteiger partial charge is 0.389 e. The molecule has 0 saturated carbocycles. The molecule has 0 unspecified atom stereocenters. The number of anilines is 2. The average Bonchev–Trinajstić information content (AvgIpc) is 2.38. The van der Waals surface area contributed by atoms with E-state index >= 15 is 0 Å². The molecule has 2 rings (SSSR count). The van der Waals surface area contributed by atoms with Crippen LogP contribution in [0.1, 0.15) is 11.1 Å². The Bertz CT molecular complexity index is 784. The summed E-state index contributed by atoms with van der Waals surface area (Å²) < 4.78 is 22.4. The summed E-state index contributed by atoms with van der Waals surface area (Å²) in [6.45, 7) is 1.92. The molecule has 21 heavy (non-hydrogen) atoms. The number of hydrogen-bond donors (Lipinski definition) is 3. The second kappa shape index (κ2) is 5.80. The van der Waals surface area contributed by atoms with Crippen molar-refractivity contribution in [1.29, 1.82) is 0 Å². The van der Waals surface area contributed by atoms with Crippen molar-refractivity contribution in [2.24, 2.45) is 10.9 Å². The van der Waals surface area contributed by atoms with Crippen molar-refractivity contribution in [3.63, 3.8) is 0 Å². The molecule has 5 nitrogen and oxygen atoms in total. The molecule has 5 N–H and O–H groups in total. The third-order valence-corrected chi connectivity index (χ3v) is 4.11. The summed E-state index contributed by atoms with van der Waals surface area (Å²) in [5.74, 6) is 0. The Hall–Kier alpha value is -1.96. The molecule has 0 fully saturated rings. The van der Waals surface area contributed by atoms with E-state index in [9.17, 15) is 8.42 Å².